The number of unbranched alkanes of at least 4 members (excludes halogenated alkanes) is 3. The van der Waals surface area contributed by atoms with Crippen molar-refractivity contribution in [2.24, 2.45) is 5.84 Å². The number of ether oxygens (including phenoxy) is 2. The van der Waals surface area contributed by atoms with Crippen molar-refractivity contribution in [2.75, 3.05) is 5.32 Å². The zero-order valence-electron chi connectivity index (χ0n) is 19.0. The number of hydroxylamine groups is 1. The minimum atomic E-state index is -2.19. The average Bonchev–Trinajstić information content (AvgIpc) is 3.28. The predicted octanol–water partition coefficient (Wildman–Crippen LogP) is 3.70. The number of benzene rings is 1. The molecule has 0 bridgehead atoms. The van der Waals surface area contributed by atoms with E-state index < -0.39 is 17.5 Å². The Morgan fingerprint density at radius 1 is 1.16 bits per heavy atom. The summed E-state index contributed by atoms with van der Waals surface area (Å²) < 4.78 is 11.4. The molecule has 0 heterocycles. The Morgan fingerprint density at radius 2 is 1.84 bits per heavy atom. The first-order valence-electron chi connectivity index (χ1n) is 11.4. The van der Waals surface area contributed by atoms with Gasteiger partial charge in [-0.3, -0.25) is 14.8 Å². The Morgan fingerprint density at radius 3 is 2.47 bits per heavy atom. The van der Waals surface area contributed by atoms with Gasteiger partial charge in [-0.15, -0.1) is 5.17 Å². The Hall–Kier alpha value is -2.65. The fourth-order valence-electron chi connectivity index (χ4n) is 3.75. The predicted molar refractivity (Wildman–Crippen MR) is 119 cm³/mol. The molecular weight excluding hydrogens is 414 g/mol. The zero-order valence-corrected chi connectivity index (χ0v) is 19.0. The highest BCUT2D eigenvalue weighted by atomic mass is 16.6. The van der Waals surface area contributed by atoms with Gasteiger partial charge in [0.2, 0.25) is 5.91 Å². The molecule has 0 unspecified atom stereocenters. The Balaban J connectivity index is 2.24. The number of amides is 2. The van der Waals surface area contributed by atoms with Gasteiger partial charge in [0.15, 0.2) is 0 Å². The second-order valence-electron chi connectivity index (χ2n) is 8.10. The van der Waals surface area contributed by atoms with Crippen LogP contribution in [-0.4, -0.2) is 39.9 Å². The largest absolute Gasteiger partial charge is 0.463 e. The molecule has 2 amide bonds. The van der Waals surface area contributed by atoms with Gasteiger partial charge in [-0.05, 0) is 44.2 Å². The van der Waals surface area contributed by atoms with Crippen molar-refractivity contribution in [3.05, 3.63) is 24.3 Å². The van der Waals surface area contributed by atoms with Gasteiger partial charge in [0, 0.05) is 12.8 Å². The lowest BCUT2D eigenvalue weighted by Gasteiger charge is -2.32. The van der Waals surface area contributed by atoms with Crippen molar-refractivity contribution in [2.45, 2.75) is 89.8 Å². The minimum absolute atomic E-state index is 0.106. The summed E-state index contributed by atoms with van der Waals surface area (Å²) in [5, 5.41) is 12.3. The van der Waals surface area contributed by atoms with Gasteiger partial charge in [0.1, 0.15) is 11.9 Å². The molecule has 1 aliphatic carbocycles. The topological polar surface area (TPSA) is 131 Å². The SMILES string of the molecule is CCCCCCC(=O)Nc1ccccc1O[C@](CC)(C(=O)OC1CCCC1)C(=O)N(N)O. The minimum Gasteiger partial charge on any atom is -0.463 e. The summed E-state index contributed by atoms with van der Waals surface area (Å²) in [5.41, 5.74) is -1.87. The van der Waals surface area contributed by atoms with Crippen LogP contribution in [0.1, 0.15) is 78.1 Å². The van der Waals surface area contributed by atoms with E-state index >= 15 is 0 Å². The molecule has 178 valence electrons. The highest BCUT2D eigenvalue weighted by Crippen LogP contribution is 2.32. The number of anilines is 1. The third kappa shape index (κ3) is 6.67. The molecule has 0 saturated heterocycles. The van der Waals surface area contributed by atoms with Crippen LogP contribution in [0.15, 0.2) is 24.3 Å². The van der Waals surface area contributed by atoms with Crippen molar-refractivity contribution in [1.29, 1.82) is 0 Å². The van der Waals surface area contributed by atoms with Gasteiger partial charge < -0.3 is 14.8 Å². The number of hydrogen-bond acceptors (Lipinski definition) is 7. The van der Waals surface area contributed by atoms with Crippen LogP contribution in [0.2, 0.25) is 0 Å². The molecule has 9 heteroatoms. The molecule has 1 fully saturated rings. The number of esters is 1. The number of carbonyl (C=O) groups excluding carboxylic acids is 3. The molecule has 1 saturated carbocycles. The summed E-state index contributed by atoms with van der Waals surface area (Å²) in [4.78, 5) is 38.3. The van der Waals surface area contributed by atoms with Gasteiger partial charge >= 0.3 is 11.9 Å². The number of para-hydroxylation sites is 2. The van der Waals surface area contributed by atoms with Crippen molar-refractivity contribution in [3.63, 3.8) is 0 Å². The number of carbonyl (C=O) groups is 3. The van der Waals surface area contributed by atoms with Crippen molar-refractivity contribution in [3.8, 4) is 5.75 Å². The number of hydrogen-bond donors (Lipinski definition) is 3. The van der Waals surface area contributed by atoms with Gasteiger partial charge in [0.25, 0.3) is 5.60 Å². The summed E-state index contributed by atoms with van der Waals surface area (Å²) in [6, 6.07) is 6.50. The lowest BCUT2D eigenvalue weighted by Crippen LogP contribution is -2.59. The molecule has 0 aromatic heterocycles. The second-order valence-corrected chi connectivity index (χ2v) is 8.10. The molecule has 1 aromatic rings. The van der Waals surface area contributed by atoms with Gasteiger partial charge in [-0.2, -0.15) is 0 Å². The molecular formula is C23H35N3O6. The van der Waals surface area contributed by atoms with Gasteiger partial charge in [0.05, 0.1) is 5.69 Å². The van der Waals surface area contributed by atoms with E-state index in [1.54, 1.807) is 25.1 Å². The van der Waals surface area contributed by atoms with Crippen LogP contribution in [0, 0.1) is 0 Å². The Bertz CT molecular complexity index is 779. The summed E-state index contributed by atoms with van der Waals surface area (Å²) in [7, 11) is 0. The molecule has 4 N–H and O–H groups in total. The Kier molecular flexibility index (Phi) is 9.93. The standard InChI is InChI=1S/C23H35N3O6/c1-3-5-6-7-16-20(27)25-18-14-10-11-15-19(18)32-23(4-2,21(28)26(24)30)22(29)31-17-12-8-9-13-17/h10-11,14-15,17,30H,3-9,12-13,16,24H2,1-2H3,(H,25,27)/t23-/m0/s1. The maximum absolute atomic E-state index is 13.1. The van der Waals surface area contributed by atoms with Crippen LogP contribution >= 0.6 is 0 Å². The molecule has 9 nitrogen and oxygen atoms in total. The zero-order chi connectivity index (χ0) is 23.6. The summed E-state index contributed by atoms with van der Waals surface area (Å²) in [5.74, 6) is 3.13. The summed E-state index contributed by atoms with van der Waals surface area (Å²) in [6.45, 7) is 3.66. The number of nitrogens with one attached hydrogen (secondary N) is 1. The lowest BCUT2D eigenvalue weighted by molar-refractivity contribution is -0.196. The van der Waals surface area contributed by atoms with E-state index in [9.17, 15) is 19.6 Å². The summed E-state index contributed by atoms with van der Waals surface area (Å²) >= 11 is 0. The van der Waals surface area contributed by atoms with E-state index in [-0.39, 0.29) is 29.4 Å². The first kappa shape index (κ1) is 25.6. The molecule has 0 spiro atoms. The molecule has 1 atom stereocenters. The molecule has 2 rings (SSSR count). The van der Waals surface area contributed by atoms with E-state index in [2.05, 4.69) is 12.2 Å². The van der Waals surface area contributed by atoms with Crippen LogP contribution in [0.4, 0.5) is 5.69 Å². The maximum atomic E-state index is 13.1. The Labute approximate surface area is 189 Å². The molecule has 1 aliphatic rings. The maximum Gasteiger partial charge on any atom is 0.360 e. The smallest absolute Gasteiger partial charge is 0.360 e. The van der Waals surface area contributed by atoms with E-state index in [1.165, 1.54) is 6.07 Å². The number of rotatable bonds is 12. The van der Waals surface area contributed by atoms with E-state index in [0.717, 1.165) is 38.5 Å². The average molecular weight is 450 g/mol. The van der Waals surface area contributed by atoms with Gasteiger partial charge in [-0.1, -0.05) is 45.2 Å². The number of nitrogens with zero attached hydrogens (tertiary/aromatic N) is 1. The third-order valence-electron chi connectivity index (χ3n) is 5.66. The first-order chi connectivity index (χ1) is 15.3. The highest BCUT2D eigenvalue weighted by molar-refractivity contribution is 6.06. The molecule has 0 aliphatic heterocycles. The van der Waals surface area contributed by atoms with Crippen molar-refractivity contribution < 1.29 is 29.1 Å². The van der Waals surface area contributed by atoms with E-state index in [0.29, 0.717) is 24.9 Å². The van der Waals surface area contributed by atoms with Crippen LogP contribution in [0.3, 0.4) is 0 Å². The lowest BCUT2D eigenvalue weighted by atomic mass is 9.99. The van der Waals surface area contributed by atoms with Crippen molar-refractivity contribution >= 4 is 23.5 Å². The molecule has 32 heavy (non-hydrogen) atoms. The molecule has 0 radical (unpaired) electrons. The van der Waals surface area contributed by atoms with Gasteiger partial charge in [-0.25, -0.2) is 10.6 Å². The summed E-state index contributed by atoms with van der Waals surface area (Å²) in [6.07, 6.45) is 7.04. The first-order valence-corrected chi connectivity index (χ1v) is 11.4. The monoisotopic (exact) mass is 449 g/mol. The second kappa shape index (κ2) is 12.4. The van der Waals surface area contributed by atoms with Crippen LogP contribution in [-0.2, 0) is 19.1 Å². The van der Waals surface area contributed by atoms with Crippen LogP contribution in [0.5, 0.6) is 5.75 Å². The normalized spacial score (nSPS) is 15.6. The quantitative estimate of drug-likeness (QED) is 0.0843. The number of nitrogens with two attached hydrogens (primary N) is 1. The highest BCUT2D eigenvalue weighted by Gasteiger charge is 2.52. The number of hydrazine groups is 1. The van der Waals surface area contributed by atoms with Crippen LogP contribution in [0.25, 0.3) is 0 Å². The van der Waals surface area contributed by atoms with E-state index in [1.807, 2.05) is 0 Å². The third-order valence-corrected chi connectivity index (χ3v) is 5.66. The molecule has 1 aromatic carbocycles. The fraction of sp³-hybridized carbons (Fsp3) is 0.609. The van der Waals surface area contributed by atoms with E-state index in [4.69, 9.17) is 15.3 Å². The van der Waals surface area contributed by atoms with Crippen LogP contribution < -0.4 is 15.9 Å². The fourth-order valence-corrected chi connectivity index (χ4v) is 3.75. The van der Waals surface area contributed by atoms with Crippen molar-refractivity contribution in [1.82, 2.24) is 5.17 Å².